The smallest absolute Gasteiger partial charge is 0.262 e. The van der Waals surface area contributed by atoms with E-state index >= 15 is 0 Å². The van der Waals surface area contributed by atoms with Gasteiger partial charge in [0.25, 0.3) is 10.0 Å². The number of amides is 1. The maximum atomic E-state index is 12.7. The Morgan fingerprint density at radius 1 is 1.11 bits per heavy atom. The van der Waals surface area contributed by atoms with Crippen molar-refractivity contribution in [2.75, 3.05) is 23.2 Å². The third kappa shape index (κ3) is 6.42. The van der Waals surface area contributed by atoms with Gasteiger partial charge in [-0.1, -0.05) is 6.07 Å². The van der Waals surface area contributed by atoms with Crippen molar-refractivity contribution in [3.63, 3.8) is 0 Å². The third-order valence-corrected chi connectivity index (χ3v) is 5.07. The van der Waals surface area contributed by atoms with Crippen LogP contribution < -0.4 is 20.5 Å². The highest BCUT2D eigenvalue weighted by Gasteiger charge is 2.18. The zero-order valence-corrected chi connectivity index (χ0v) is 16.8. The van der Waals surface area contributed by atoms with Crippen LogP contribution in [0.4, 0.5) is 11.4 Å². The minimum absolute atomic E-state index is 0. The molecule has 148 valence electrons. The molecule has 1 amide bonds. The molecule has 0 bridgehead atoms. The van der Waals surface area contributed by atoms with Gasteiger partial charge in [0, 0.05) is 24.3 Å². The average Bonchev–Trinajstić information content (AvgIpc) is 2.58. The van der Waals surface area contributed by atoms with E-state index in [9.17, 15) is 13.2 Å². The molecule has 4 N–H and O–H groups in total. The number of nitrogens with two attached hydrogens (primary N) is 1. The number of halogens is 1. The fourth-order valence-corrected chi connectivity index (χ4v) is 3.65. The minimum atomic E-state index is -3.81. The fraction of sp³-hybridized carbons (Fsp3) is 0.278. The lowest BCUT2D eigenvalue weighted by atomic mass is 10.2. The molecule has 2 aromatic rings. The van der Waals surface area contributed by atoms with Crippen LogP contribution in [0, 0.1) is 6.92 Å². The Labute approximate surface area is 165 Å². The van der Waals surface area contributed by atoms with Crippen LogP contribution in [0.5, 0.6) is 5.75 Å². The molecule has 0 unspecified atom stereocenters. The van der Waals surface area contributed by atoms with Crippen molar-refractivity contribution in [2.45, 2.75) is 25.2 Å². The lowest BCUT2D eigenvalue weighted by molar-refractivity contribution is -0.116. The van der Waals surface area contributed by atoms with Crippen LogP contribution in [0.1, 0.15) is 18.9 Å². The molecule has 0 saturated heterocycles. The molecule has 2 rings (SSSR count). The van der Waals surface area contributed by atoms with Crippen LogP contribution in [0.15, 0.2) is 47.4 Å². The number of sulfonamides is 1. The third-order valence-electron chi connectivity index (χ3n) is 3.55. The van der Waals surface area contributed by atoms with Crippen LogP contribution in [0.25, 0.3) is 0 Å². The molecule has 27 heavy (non-hydrogen) atoms. The number of anilines is 2. The van der Waals surface area contributed by atoms with Gasteiger partial charge in [-0.15, -0.1) is 12.4 Å². The number of aryl methyl sites for hydroxylation is 1. The van der Waals surface area contributed by atoms with Gasteiger partial charge in [-0.05, 0) is 55.8 Å². The van der Waals surface area contributed by atoms with Gasteiger partial charge in [-0.3, -0.25) is 9.52 Å². The first-order valence-corrected chi connectivity index (χ1v) is 9.70. The van der Waals surface area contributed by atoms with Crippen molar-refractivity contribution in [1.29, 1.82) is 0 Å². The number of hydrogen-bond acceptors (Lipinski definition) is 5. The predicted molar refractivity (Wildman–Crippen MR) is 109 cm³/mol. The summed E-state index contributed by atoms with van der Waals surface area (Å²) in [7, 11) is -3.81. The van der Waals surface area contributed by atoms with Gasteiger partial charge in [-0.25, -0.2) is 8.42 Å². The Bertz CT molecular complexity index is 871. The number of benzene rings is 2. The molecule has 0 spiro atoms. The molecular weight excluding hydrogens is 390 g/mol. The summed E-state index contributed by atoms with van der Waals surface area (Å²) < 4.78 is 33.3. The van der Waals surface area contributed by atoms with Gasteiger partial charge >= 0.3 is 0 Å². The summed E-state index contributed by atoms with van der Waals surface area (Å²) >= 11 is 0. The number of nitrogens with one attached hydrogen (secondary N) is 2. The van der Waals surface area contributed by atoms with Crippen molar-refractivity contribution >= 4 is 39.7 Å². The van der Waals surface area contributed by atoms with E-state index in [4.69, 9.17) is 10.5 Å². The SMILES string of the molecule is CCOc1ccc(NS(=O)(=O)c2cc(NC(=O)CCN)ccc2C)cc1.Cl. The summed E-state index contributed by atoms with van der Waals surface area (Å²) in [6, 6.07) is 11.4. The van der Waals surface area contributed by atoms with Gasteiger partial charge < -0.3 is 15.8 Å². The van der Waals surface area contributed by atoms with E-state index in [1.54, 1.807) is 43.3 Å². The molecule has 2 aromatic carbocycles. The Balaban J connectivity index is 0.00000364. The molecule has 0 atom stereocenters. The Morgan fingerprint density at radius 3 is 2.33 bits per heavy atom. The molecule has 0 radical (unpaired) electrons. The normalized spacial score (nSPS) is 10.6. The molecule has 0 aliphatic heterocycles. The second-order valence-corrected chi connectivity index (χ2v) is 7.28. The summed E-state index contributed by atoms with van der Waals surface area (Å²) in [5.74, 6) is 0.399. The summed E-state index contributed by atoms with van der Waals surface area (Å²) in [6.45, 7) is 4.33. The van der Waals surface area contributed by atoms with Crippen molar-refractivity contribution < 1.29 is 17.9 Å². The highest BCUT2D eigenvalue weighted by atomic mass is 35.5. The van der Waals surface area contributed by atoms with Gasteiger partial charge in [-0.2, -0.15) is 0 Å². The van der Waals surface area contributed by atoms with Crippen molar-refractivity contribution in [3.05, 3.63) is 48.0 Å². The summed E-state index contributed by atoms with van der Waals surface area (Å²) in [5.41, 5.74) is 6.74. The van der Waals surface area contributed by atoms with E-state index < -0.39 is 10.0 Å². The Hall–Kier alpha value is -2.29. The van der Waals surface area contributed by atoms with Crippen LogP contribution in [0.3, 0.4) is 0 Å². The number of carbonyl (C=O) groups excluding carboxylic acids is 1. The van der Waals surface area contributed by atoms with Crippen LogP contribution in [-0.2, 0) is 14.8 Å². The minimum Gasteiger partial charge on any atom is -0.494 e. The monoisotopic (exact) mass is 413 g/mol. The Kier molecular flexibility index (Phi) is 8.55. The molecule has 0 fully saturated rings. The van der Waals surface area contributed by atoms with Crippen LogP contribution in [-0.4, -0.2) is 27.5 Å². The second-order valence-electron chi connectivity index (χ2n) is 5.63. The molecule has 0 aliphatic carbocycles. The Morgan fingerprint density at radius 2 is 1.74 bits per heavy atom. The molecule has 0 saturated carbocycles. The highest BCUT2D eigenvalue weighted by molar-refractivity contribution is 7.92. The largest absolute Gasteiger partial charge is 0.494 e. The van der Waals surface area contributed by atoms with Crippen molar-refractivity contribution in [3.8, 4) is 5.75 Å². The summed E-state index contributed by atoms with van der Waals surface area (Å²) in [4.78, 5) is 11.8. The average molecular weight is 414 g/mol. The number of ether oxygens (including phenoxy) is 1. The van der Waals surface area contributed by atoms with Gasteiger partial charge in [0.1, 0.15) is 5.75 Å². The number of rotatable bonds is 8. The van der Waals surface area contributed by atoms with Gasteiger partial charge in [0.2, 0.25) is 5.91 Å². The van der Waals surface area contributed by atoms with Crippen molar-refractivity contribution in [2.24, 2.45) is 5.73 Å². The van der Waals surface area contributed by atoms with E-state index in [1.807, 2.05) is 6.92 Å². The van der Waals surface area contributed by atoms with Crippen molar-refractivity contribution in [1.82, 2.24) is 0 Å². The van der Waals surface area contributed by atoms with E-state index in [0.29, 0.717) is 29.3 Å². The first kappa shape index (κ1) is 22.8. The van der Waals surface area contributed by atoms with Crippen LogP contribution in [0.2, 0.25) is 0 Å². The molecule has 9 heteroatoms. The lowest BCUT2D eigenvalue weighted by Crippen LogP contribution is -2.18. The van der Waals surface area contributed by atoms with Gasteiger partial charge in [0.05, 0.1) is 11.5 Å². The van der Waals surface area contributed by atoms with Gasteiger partial charge in [0.15, 0.2) is 0 Å². The molecule has 0 aliphatic rings. The number of hydrogen-bond donors (Lipinski definition) is 3. The summed E-state index contributed by atoms with van der Waals surface area (Å²) in [5, 5.41) is 2.64. The fourth-order valence-electron chi connectivity index (χ4n) is 2.32. The quantitative estimate of drug-likeness (QED) is 0.616. The van der Waals surface area contributed by atoms with E-state index in [0.717, 1.165) is 0 Å². The molecule has 0 heterocycles. The predicted octanol–water partition coefficient (Wildman–Crippen LogP) is 2.90. The second kappa shape index (κ2) is 10.1. The molecule has 7 nitrogen and oxygen atoms in total. The zero-order chi connectivity index (χ0) is 19.2. The molecular formula is C18H24ClN3O4S. The highest BCUT2D eigenvalue weighted by Crippen LogP contribution is 2.24. The first-order valence-electron chi connectivity index (χ1n) is 8.22. The maximum Gasteiger partial charge on any atom is 0.262 e. The zero-order valence-electron chi connectivity index (χ0n) is 15.2. The molecule has 0 aromatic heterocycles. The maximum absolute atomic E-state index is 12.7. The number of carbonyl (C=O) groups is 1. The van der Waals surface area contributed by atoms with E-state index in [1.165, 1.54) is 6.07 Å². The topological polar surface area (TPSA) is 111 Å². The van der Waals surface area contributed by atoms with E-state index in [-0.39, 0.29) is 36.2 Å². The summed E-state index contributed by atoms with van der Waals surface area (Å²) in [6.07, 6.45) is 0.167. The standard InChI is InChI=1S/C18H23N3O4S.ClH/c1-3-25-16-8-6-14(7-9-16)21-26(23,24)17-12-15(5-4-13(17)2)20-18(22)10-11-19;/h4-9,12,21H,3,10-11,19H2,1-2H3,(H,20,22);1H. The van der Waals surface area contributed by atoms with E-state index in [2.05, 4.69) is 10.0 Å². The van der Waals surface area contributed by atoms with Crippen LogP contribution >= 0.6 is 12.4 Å². The lowest BCUT2D eigenvalue weighted by Gasteiger charge is -2.13. The first-order chi connectivity index (χ1) is 12.4.